The monoisotopic (exact) mass is 167 g/mol. The number of hydrogen-bond donors (Lipinski definition) is 1. The summed E-state index contributed by atoms with van der Waals surface area (Å²) in [7, 11) is 0. The number of fused-ring (bicyclic) bond motifs is 1. The highest BCUT2D eigenvalue weighted by atomic mass is 16.5. The number of hydrogen-bond acceptors (Lipinski definition) is 3. The van der Waals surface area contributed by atoms with Gasteiger partial charge in [-0.2, -0.15) is 9.78 Å². The lowest BCUT2D eigenvalue weighted by atomic mass is 10.1. The average molecular weight is 167 g/mol. The molecule has 0 saturated carbocycles. The molecule has 0 spiro atoms. The number of nitrogens with zero attached hydrogens (tertiary/aromatic N) is 2. The van der Waals surface area contributed by atoms with Crippen LogP contribution in [0.5, 0.6) is 0 Å². The Morgan fingerprint density at radius 3 is 3.33 bits per heavy atom. The van der Waals surface area contributed by atoms with Crippen LogP contribution in [-0.4, -0.2) is 22.4 Å². The number of aromatic nitrogens is 2. The number of primary amides is 1. The lowest BCUT2D eigenvalue weighted by Gasteiger charge is -2.12. The van der Waals surface area contributed by atoms with Crippen molar-refractivity contribution in [2.24, 2.45) is 5.73 Å². The first-order valence-corrected chi connectivity index (χ1v) is 3.72. The van der Waals surface area contributed by atoms with Crippen molar-refractivity contribution < 1.29 is 9.53 Å². The molecule has 1 aliphatic rings. The molecule has 64 valence electrons. The third-order valence-electron chi connectivity index (χ3n) is 1.92. The molecule has 0 fully saturated rings. The van der Waals surface area contributed by atoms with Crippen molar-refractivity contribution in [2.45, 2.75) is 13.0 Å². The van der Waals surface area contributed by atoms with Crippen LogP contribution in [0.1, 0.15) is 11.3 Å². The molecule has 0 bridgehead atoms. The second kappa shape index (κ2) is 2.60. The van der Waals surface area contributed by atoms with Gasteiger partial charge in [0.2, 0.25) is 0 Å². The summed E-state index contributed by atoms with van der Waals surface area (Å²) in [6, 6.07) is -0.554. The number of carbonyl (C=O) groups is 1. The molecule has 5 heteroatoms. The van der Waals surface area contributed by atoms with Crippen LogP contribution in [0.15, 0.2) is 6.20 Å². The Hall–Kier alpha value is -1.36. The van der Waals surface area contributed by atoms with E-state index in [9.17, 15) is 4.79 Å². The molecule has 2 rings (SSSR count). The Bertz CT molecular complexity index is 318. The van der Waals surface area contributed by atoms with Gasteiger partial charge in [-0.25, -0.2) is 4.79 Å². The van der Waals surface area contributed by atoms with E-state index in [1.165, 1.54) is 4.68 Å². The summed E-state index contributed by atoms with van der Waals surface area (Å²) >= 11 is 0. The molecule has 1 aliphatic heterocycles. The second-order valence-electron chi connectivity index (χ2n) is 2.67. The predicted molar refractivity (Wildman–Crippen MR) is 40.6 cm³/mol. The zero-order valence-electron chi connectivity index (χ0n) is 6.49. The first kappa shape index (κ1) is 7.30. The molecule has 0 aromatic carbocycles. The SMILES string of the molecule is NC(=O)n1ncc2c1COCC2. The molecule has 1 amide bonds. The standard InChI is InChI=1S/C7H9N3O2/c8-7(11)10-6-4-12-2-1-5(6)3-9-10/h3H,1-2,4H2,(H2,8,11). The first-order valence-electron chi connectivity index (χ1n) is 3.72. The highest BCUT2D eigenvalue weighted by Gasteiger charge is 2.17. The lowest BCUT2D eigenvalue weighted by molar-refractivity contribution is 0.106. The summed E-state index contributed by atoms with van der Waals surface area (Å²) in [6.07, 6.45) is 2.48. The van der Waals surface area contributed by atoms with Crippen LogP contribution in [0.3, 0.4) is 0 Å². The summed E-state index contributed by atoms with van der Waals surface area (Å²) in [6.45, 7) is 1.12. The third kappa shape index (κ3) is 0.984. The minimum Gasteiger partial charge on any atom is -0.375 e. The van der Waals surface area contributed by atoms with Gasteiger partial charge in [0.25, 0.3) is 0 Å². The maximum atomic E-state index is 10.8. The normalized spacial score (nSPS) is 15.7. The van der Waals surface area contributed by atoms with E-state index >= 15 is 0 Å². The molecule has 2 N–H and O–H groups in total. The Morgan fingerprint density at radius 2 is 2.58 bits per heavy atom. The highest BCUT2D eigenvalue weighted by Crippen LogP contribution is 2.15. The Morgan fingerprint density at radius 1 is 1.75 bits per heavy atom. The number of rotatable bonds is 0. The van der Waals surface area contributed by atoms with E-state index in [1.54, 1.807) is 6.20 Å². The first-order chi connectivity index (χ1) is 5.79. The molecule has 1 aromatic heterocycles. The largest absolute Gasteiger partial charge is 0.375 e. The van der Waals surface area contributed by atoms with Crippen molar-refractivity contribution in [2.75, 3.05) is 6.61 Å². The third-order valence-corrected chi connectivity index (χ3v) is 1.92. The molecule has 12 heavy (non-hydrogen) atoms. The Balaban J connectivity index is 2.44. The lowest BCUT2D eigenvalue weighted by Crippen LogP contribution is -2.25. The maximum Gasteiger partial charge on any atom is 0.339 e. The van der Waals surface area contributed by atoms with Crippen molar-refractivity contribution in [3.05, 3.63) is 17.5 Å². The Labute approximate surface area is 69.1 Å². The molecule has 0 atom stereocenters. The van der Waals surface area contributed by atoms with Crippen LogP contribution in [-0.2, 0) is 17.8 Å². The van der Waals surface area contributed by atoms with Gasteiger partial charge in [-0.1, -0.05) is 0 Å². The van der Waals surface area contributed by atoms with Gasteiger partial charge in [-0.05, 0) is 12.0 Å². The summed E-state index contributed by atoms with van der Waals surface area (Å²) < 4.78 is 6.37. The van der Waals surface area contributed by atoms with Gasteiger partial charge < -0.3 is 10.5 Å². The molecule has 2 heterocycles. The van der Waals surface area contributed by atoms with Gasteiger partial charge in [0.05, 0.1) is 25.1 Å². The van der Waals surface area contributed by atoms with Gasteiger partial charge in [-0.15, -0.1) is 0 Å². The van der Waals surface area contributed by atoms with Crippen molar-refractivity contribution in [1.29, 1.82) is 0 Å². The van der Waals surface area contributed by atoms with E-state index < -0.39 is 6.03 Å². The molecular weight excluding hydrogens is 158 g/mol. The summed E-state index contributed by atoms with van der Waals surface area (Å²) in [5.74, 6) is 0. The zero-order chi connectivity index (χ0) is 8.55. The van der Waals surface area contributed by atoms with E-state index in [1.807, 2.05) is 0 Å². The van der Waals surface area contributed by atoms with Gasteiger partial charge in [-0.3, -0.25) is 0 Å². The fourth-order valence-electron chi connectivity index (χ4n) is 1.31. The van der Waals surface area contributed by atoms with E-state index in [2.05, 4.69) is 5.10 Å². The van der Waals surface area contributed by atoms with Gasteiger partial charge in [0, 0.05) is 0 Å². The minimum atomic E-state index is -0.554. The van der Waals surface area contributed by atoms with Crippen LogP contribution in [0.2, 0.25) is 0 Å². The van der Waals surface area contributed by atoms with Crippen molar-refractivity contribution in [3.8, 4) is 0 Å². The van der Waals surface area contributed by atoms with Crippen molar-refractivity contribution in [1.82, 2.24) is 9.78 Å². The molecule has 5 nitrogen and oxygen atoms in total. The van der Waals surface area contributed by atoms with Gasteiger partial charge >= 0.3 is 6.03 Å². The summed E-state index contributed by atoms with van der Waals surface area (Å²) in [5, 5.41) is 3.86. The molecule has 0 radical (unpaired) electrons. The minimum absolute atomic E-state index is 0.429. The van der Waals surface area contributed by atoms with E-state index in [-0.39, 0.29) is 0 Å². The van der Waals surface area contributed by atoms with Crippen LogP contribution in [0.25, 0.3) is 0 Å². The topological polar surface area (TPSA) is 70.1 Å². The summed E-state index contributed by atoms with van der Waals surface area (Å²) in [5.41, 5.74) is 6.93. The van der Waals surface area contributed by atoms with Crippen LogP contribution in [0, 0.1) is 0 Å². The number of ether oxygens (including phenoxy) is 1. The molecule has 1 aromatic rings. The van der Waals surface area contributed by atoms with Crippen LogP contribution in [0.4, 0.5) is 4.79 Å². The van der Waals surface area contributed by atoms with Crippen LogP contribution >= 0.6 is 0 Å². The summed E-state index contributed by atoms with van der Waals surface area (Å²) in [4.78, 5) is 10.8. The van der Waals surface area contributed by atoms with Gasteiger partial charge in [0.1, 0.15) is 0 Å². The van der Waals surface area contributed by atoms with Crippen molar-refractivity contribution >= 4 is 6.03 Å². The zero-order valence-corrected chi connectivity index (χ0v) is 6.49. The molecule has 0 unspecified atom stereocenters. The van der Waals surface area contributed by atoms with E-state index in [0.29, 0.717) is 13.2 Å². The maximum absolute atomic E-state index is 10.8. The second-order valence-corrected chi connectivity index (χ2v) is 2.67. The smallest absolute Gasteiger partial charge is 0.339 e. The van der Waals surface area contributed by atoms with Gasteiger partial charge in [0.15, 0.2) is 0 Å². The van der Waals surface area contributed by atoms with E-state index in [4.69, 9.17) is 10.5 Å². The fourth-order valence-corrected chi connectivity index (χ4v) is 1.31. The van der Waals surface area contributed by atoms with Crippen LogP contribution < -0.4 is 5.73 Å². The molecule has 0 aliphatic carbocycles. The van der Waals surface area contributed by atoms with Crippen molar-refractivity contribution in [3.63, 3.8) is 0 Å². The Kier molecular flexibility index (Phi) is 1.58. The quantitative estimate of drug-likeness (QED) is 0.585. The predicted octanol–water partition coefficient (Wildman–Crippen LogP) is -0.117. The molecule has 0 saturated heterocycles. The number of amides is 1. The highest BCUT2D eigenvalue weighted by molar-refractivity contribution is 5.74. The average Bonchev–Trinajstić information content (AvgIpc) is 2.47. The number of carbonyl (C=O) groups excluding carboxylic acids is 1. The number of nitrogens with two attached hydrogens (primary N) is 1. The van der Waals surface area contributed by atoms with E-state index in [0.717, 1.165) is 17.7 Å². The fraction of sp³-hybridized carbons (Fsp3) is 0.429. The molecular formula is C7H9N3O2.